The third-order valence-corrected chi connectivity index (χ3v) is 4.88. The van der Waals surface area contributed by atoms with Gasteiger partial charge in [-0.25, -0.2) is 4.68 Å². The van der Waals surface area contributed by atoms with Gasteiger partial charge in [0, 0.05) is 25.6 Å². The summed E-state index contributed by atoms with van der Waals surface area (Å²) in [5.74, 6) is -4.42. The van der Waals surface area contributed by atoms with Crippen LogP contribution in [0.1, 0.15) is 51.1 Å². The van der Waals surface area contributed by atoms with Crippen molar-refractivity contribution in [1.29, 1.82) is 0 Å². The Labute approximate surface area is 201 Å². The highest BCUT2D eigenvalue weighted by atomic mass is 16.4. The SMILES string of the molecule is CC(=O)CCCC(=O)Cc1cn(CC(=O)NCCCCC(C(=O)O)N(CC(=O)O)CC(=O)O)nn1. The number of rotatable bonds is 19. The molecule has 1 unspecified atom stereocenters. The third-order valence-electron chi connectivity index (χ3n) is 4.88. The molecule has 0 aliphatic rings. The maximum atomic E-state index is 12.1. The molecule has 194 valence electrons. The first-order chi connectivity index (χ1) is 16.5. The number of hydrogen-bond acceptors (Lipinski definition) is 9. The van der Waals surface area contributed by atoms with E-state index in [0.29, 0.717) is 31.4 Å². The molecule has 1 aromatic rings. The highest BCUT2D eigenvalue weighted by Crippen LogP contribution is 2.10. The number of carboxylic acids is 3. The van der Waals surface area contributed by atoms with Gasteiger partial charge in [0.15, 0.2) is 0 Å². The zero-order valence-electron chi connectivity index (χ0n) is 19.5. The van der Waals surface area contributed by atoms with Crippen LogP contribution in [0.2, 0.25) is 0 Å². The number of carbonyl (C=O) groups is 6. The van der Waals surface area contributed by atoms with Crippen LogP contribution < -0.4 is 5.32 Å². The molecule has 0 aliphatic carbocycles. The molecular formula is C21H31N5O9. The number of aromatic nitrogens is 3. The number of carbonyl (C=O) groups excluding carboxylic acids is 3. The zero-order valence-corrected chi connectivity index (χ0v) is 19.5. The van der Waals surface area contributed by atoms with E-state index < -0.39 is 37.0 Å². The van der Waals surface area contributed by atoms with Crippen molar-refractivity contribution in [3.05, 3.63) is 11.9 Å². The quantitative estimate of drug-likeness (QED) is 0.176. The fraction of sp³-hybridized carbons (Fsp3) is 0.619. The number of nitrogens with one attached hydrogen (secondary N) is 1. The van der Waals surface area contributed by atoms with Gasteiger partial charge in [-0.05, 0) is 32.6 Å². The van der Waals surface area contributed by atoms with Crippen molar-refractivity contribution < 1.29 is 44.1 Å². The summed E-state index contributed by atoms with van der Waals surface area (Å²) in [5, 5.41) is 37.5. The molecule has 1 atom stereocenters. The van der Waals surface area contributed by atoms with Gasteiger partial charge in [-0.2, -0.15) is 0 Å². The van der Waals surface area contributed by atoms with Gasteiger partial charge < -0.3 is 25.4 Å². The van der Waals surface area contributed by atoms with Crippen LogP contribution in [-0.2, 0) is 41.7 Å². The highest BCUT2D eigenvalue weighted by molar-refractivity contribution is 5.81. The fourth-order valence-corrected chi connectivity index (χ4v) is 3.30. The Kier molecular flexibility index (Phi) is 12.8. The average molecular weight is 498 g/mol. The fourth-order valence-electron chi connectivity index (χ4n) is 3.30. The first-order valence-corrected chi connectivity index (χ1v) is 11.0. The van der Waals surface area contributed by atoms with Gasteiger partial charge in [-0.1, -0.05) is 5.21 Å². The second-order valence-corrected chi connectivity index (χ2v) is 8.07. The maximum absolute atomic E-state index is 12.1. The molecule has 1 amide bonds. The molecule has 0 fully saturated rings. The minimum Gasteiger partial charge on any atom is -0.480 e. The van der Waals surface area contributed by atoms with E-state index >= 15 is 0 Å². The molecule has 0 spiro atoms. The largest absolute Gasteiger partial charge is 0.480 e. The number of hydrogen-bond donors (Lipinski definition) is 4. The smallest absolute Gasteiger partial charge is 0.320 e. The Balaban J connectivity index is 2.39. The monoisotopic (exact) mass is 497 g/mol. The van der Waals surface area contributed by atoms with E-state index in [1.807, 2.05) is 0 Å². The summed E-state index contributed by atoms with van der Waals surface area (Å²) in [6.07, 6.45) is 3.35. The van der Waals surface area contributed by atoms with E-state index in [1.54, 1.807) is 0 Å². The van der Waals surface area contributed by atoms with Crippen LogP contribution in [0.4, 0.5) is 0 Å². The van der Waals surface area contributed by atoms with Crippen LogP contribution in [0.5, 0.6) is 0 Å². The van der Waals surface area contributed by atoms with Gasteiger partial charge in [0.1, 0.15) is 24.2 Å². The summed E-state index contributed by atoms with van der Waals surface area (Å²) in [5.41, 5.74) is 0.414. The second kappa shape index (κ2) is 15.3. The number of aliphatic carboxylic acids is 3. The van der Waals surface area contributed by atoms with Crippen LogP contribution in [0, 0.1) is 0 Å². The van der Waals surface area contributed by atoms with E-state index in [1.165, 1.54) is 17.8 Å². The van der Waals surface area contributed by atoms with Crippen molar-refractivity contribution in [2.24, 2.45) is 0 Å². The summed E-state index contributed by atoms with van der Waals surface area (Å²) in [6.45, 7) is 0.119. The Morgan fingerprint density at radius 2 is 1.66 bits per heavy atom. The van der Waals surface area contributed by atoms with Crippen molar-refractivity contribution in [2.45, 2.75) is 64.5 Å². The summed E-state index contributed by atoms with van der Waals surface area (Å²) in [6, 6.07) is -1.28. The number of Topliss-reactive ketones (excluding diaryl/α,β-unsaturated/α-hetero) is 2. The van der Waals surface area contributed by atoms with E-state index in [0.717, 1.165) is 4.90 Å². The Morgan fingerprint density at radius 3 is 2.23 bits per heavy atom. The Hall–Kier alpha value is -3.68. The minimum absolute atomic E-state index is 0.0125. The minimum atomic E-state index is -1.33. The first kappa shape index (κ1) is 29.4. The number of nitrogens with zero attached hydrogens (tertiary/aromatic N) is 4. The van der Waals surface area contributed by atoms with Crippen molar-refractivity contribution in [2.75, 3.05) is 19.6 Å². The van der Waals surface area contributed by atoms with Gasteiger partial charge in [-0.3, -0.25) is 28.9 Å². The molecule has 1 heterocycles. The predicted molar refractivity (Wildman–Crippen MR) is 118 cm³/mol. The molecule has 1 aromatic heterocycles. The number of carboxylic acid groups (broad SMARTS) is 3. The van der Waals surface area contributed by atoms with Gasteiger partial charge in [0.25, 0.3) is 0 Å². The van der Waals surface area contributed by atoms with Crippen LogP contribution in [-0.4, -0.2) is 96.3 Å². The highest BCUT2D eigenvalue weighted by Gasteiger charge is 2.28. The molecule has 0 saturated carbocycles. The molecular weight excluding hydrogens is 466 g/mol. The number of ketones is 2. The molecule has 35 heavy (non-hydrogen) atoms. The van der Waals surface area contributed by atoms with Crippen molar-refractivity contribution in [3.8, 4) is 0 Å². The molecule has 14 heteroatoms. The van der Waals surface area contributed by atoms with Crippen molar-refractivity contribution >= 4 is 35.4 Å². The van der Waals surface area contributed by atoms with Crippen LogP contribution in [0.25, 0.3) is 0 Å². The number of amides is 1. The summed E-state index contributed by atoms with van der Waals surface area (Å²) in [7, 11) is 0. The molecule has 0 aliphatic heterocycles. The van der Waals surface area contributed by atoms with Gasteiger partial charge in [0.05, 0.1) is 25.2 Å². The molecule has 4 N–H and O–H groups in total. The third kappa shape index (κ3) is 13.0. The average Bonchev–Trinajstić information content (AvgIpc) is 3.15. The van der Waals surface area contributed by atoms with E-state index in [-0.39, 0.29) is 49.8 Å². The van der Waals surface area contributed by atoms with Gasteiger partial charge in [0.2, 0.25) is 5.91 Å². The van der Waals surface area contributed by atoms with Crippen LogP contribution in [0.15, 0.2) is 6.20 Å². The standard InChI is InChI=1S/C21H31N5O9/c1-14(27)5-4-6-16(28)9-15-10-26(24-23-15)11-18(29)22-8-3-2-7-17(21(34)35)25(12-19(30)31)13-20(32)33/h10,17H,2-9,11-13H2,1H3,(H,22,29)(H,30,31)(H,32,33)(H,34,35). The van der Waals surface area contributed by atoms with Crippen molar-refractivity contribution in [3.63, 3.8) is 0 Å². The number of unbranched alkanes of at least 4 members (excludes halogenated alkanes) is 1. The predicted octanol–water partition coefficient (Wildman–Crippen LogP) is -0.640. The van der Waals surface area contributed by atoms with Crippen LogP contribution in [0.3, 0.4) is 0 Å². The molecule has 0 bridgehead atoms. The summed E-state index contributed by atoms with van der Waals surface area (Å²) in [4.78, 5) is 69.1. The first-order valence-electron chi connectivity index (χ1n) is 11.0. The molecule has 1 rings (SSSR count). The molecule has 14 nitrogen and oxygen atoms in total. The summed E-state index contributed by atoms with van der Waals surface area (Å²) < 4.78 is 1.28. The van der Waals surface area contributed by atoms with E-state index in [2.05, 4.69) is 15.6 Å². The topological polar surface area (TPSA) is 209 Å². The Bertz CT molecular complexity index is 899. The molecule has 0 radical (unpaired) electrons. The lowest BCUT2D eigenvalue weighted by atomic mass is 10.1. The maximum Gasteiger partial charge on any atom is 0.320 e. The summed E-state index contributed by atoms with van der Waals surface area (Å²) >= 11 is 0. The second-order valence-electron chi connectivity index (χ2n) is 8.07. The van der Waals surface area contributed by atoms with Crippen LogP contribution >= 0.6 is 0 Å². The molecule has 0 saturated heterocycles. The lowest BCUT2D eigenvalue weighted by molar-refractivity contribution is -0.149. The lowest BCUT2D eigenvalue weighted by Gasteiger charge is -2.25. The van der Waals surface area contributed by atoms with Gasteiger partial charge in [-0.15, -0.1) is 5.10 Å². The molecule has 0 aromatic carbocycles. The normalized spacial score (nSPS) is 11.7. The van der Waals surface area contributed by atoms with E-state index in [9.17, 15) is 33.9 Å². The van der Waals surface area contributed by atoms with Gasteiger partial charge >= 0.3 is 17.9 Å². The van der Waals surface area contributed by atoms with Crippen molar-refractivity contribution in [1.82, 2.24) is 25.2 Å². The van der Waals surface area contributed by atoms with E-state index in [4.69, 9.17) is 10.2 Å². The zero-order chi connectivity index (χ0) is 26.4. The Morgan fingerprint density at radius 1 is 1.00 bits per heavy atom. The lowest BCUT2D eigenvalue weighted by Crippen LogP contribution is -2.46.